The van der Waals surface area contributed by atoms with Gasteiger partial charge in [0.25, 0.3) is 0 Å². The molecule has 0 aliphatic heterocycles. The number of nitrogens with zero attached hydrogens (tertiary/aromatic N) is 1. The van der Waals surface area contributed by atoms with Crippen LogP contribution in [0.15, 0.2) is 29.3 Å². The quantitative estimate of drug-likeness (QED) is 0.436. The standard InChI is InChI=1S/C15H24FN3O2/c1-4-12(21-14-8-6-5-7-13(14)16)11-19-15(17-2)18-9-10-20-3/h5-8,12H,4,9-11H2,1-3H3,(H2,17,18,19). The maximum absolute atomic E-state index is 13.6. The van der Waals surface area contributed by atoms with Crippen molar-refractivity contribution < 1.29 is 13.9 Å². The van der Waals surface area contributed by atoms with Gasteiger partial charge < -0.3 is 20.1 Å². The zero-order valence-corrected chi connectivity index (χ0v) is 12.9. The highest BCUT2D eigenvalue weighted by atomic mass is 19.1. The van der Waals surface area contributed by atoms with Gasteiger partial charge in [0.05, 0.1) is 13.2 Å². The highest BCUT2D eigenvalue weighted by Gasteiger charge is 2.11. The molecule has 1 aromatic rings. The van der Waals surface area contributed by atoms with Crippen molar-refractivity contribution in [3.63, 3.8) is 0 Å². The molecule has 5 nitrogen and oxygen atoms in total. The van der Waals surface area contributed by atoms with E-state index in [1.807, 2.05) is 6.92 Å². The van der Waals surface area contributed by atoms with E-state index in [-0.39, 0.29) is 17.7 Å². The summed E-state index contributed by atoms with van der Waals surface area (Å²) in [4.78, 5) is 4.10. The van der Waals surface area contributed by atoms with Crippen molar-refractivity contribution in [3.8, 4) is 5.75 Å². The average molecular weight is 297 g/mol. The summed E-state index contributed by atoms with van der Waals surface area (Å²) < 4.78 is 24.2. The molecule has 0 saturated carbocycles. The maximum Gasteiger partial charge on any atom is 0.191 e. The first-order chi connectivity index (χ1) is 10.2. The lowest BCUT2D eigenvalue weighted by atomic mass is 10.2. The van der Waals surface area contributed by atoms with E-state index in [0.717, 1.165) is 6.42 Å². The molecule has 6 heteroatoms. The molecule has 1 unspecified atom stereocenters. The summed E-state index contributed by atoms with van der Waals surface area (Å²) in [5.74, 6) is 0.592. The van der Waals surface area contributed by atoms with Gasteiger partial charge in [-0.25, -0.2) is 4.39 Å². The Morgan fingerprint density at radius 1 is 1.33 bits per heavy atom. The van der Waals surface area contributed by atoms with Crippen LogP contribution in [0.3, 0.4) is 0 Å². The number of methoxy groups -OCH3 is 1. The molecule has 1 rings (SSSR count). The van der Waals surface area contributed by atoms with Crippen LogP contribution < -0.4 is 15.4 Å². The normalized spacial score (nSPS) is 12.9. The van der Waals surface area contributed by atoms with Gasteiger partial charge >= 0.3 is 0 Å². The van der Waals surface area contributed by atoms with Gasteiger partial charge in [-0.15, -0.1) is 0 Å². The van der Waals surface area contributed by atoms with Crippen LogP contribution in [0.4, 0.5) is 4.39 Å². The smallest absolute Gasteiger partial charge is 0.191 e. The van der Waals surface area contributed by atoms with E-state index in [1.165, 1.54) is 6.07 Å². The number of aliphatic imine (C=N–C) groups is 1. The second kappa shape index (κ2) is 9.99. The van der Waals surface area contributed by atoms with E-state index < -0.39 is 0 Å². The predicted molar refractivity (Wildman–Crippen MR) is 82.3 cm³/mol. The predicted octanol–water partition coefficient (Wildman–Crippen LogP) is 1.79. The number of hydrogen-bond donors (Lipinski definition) is 2. The molecule has 0 heterocycles. The van der Waals surface area contributed by atoms with E-state index in [0.29, 0.717) is 25.7 Å². The molecule has 21 heavy (non-hydrogen) atoms. The summed E-state index contributed by atoms with van der Waals surface area (Å²) in [7, 11) is 3.34. The monoisotopic (exact) mass is 297 g/mol. The van der Waals surface area contributed by atoms with Gasteiger partial charge in [-0.05, 0) is 18.6 Å². The van der Waals surface area contributed by atoms with Crippen molar-refractivity contribution >= 4 is 5.96 Å². The van der Waals surface area contributed by atoms with Gasteiger partial charge in [-0.2, -0.15) is 0 Å². The van der Waals surface area contributed by atoms with Crippen molar-refractivity contribution in [2.75, 3.05) is 33.9 Å². The Labute approximate surface area is 125 Å². The molecule has 0 aliphatic rings. The summed E-state index contributed by atoms with van der Waals surface area (Å²) in [5, 5.41) is 6.26. The van der Waals surface area contributed by atoms with Crippen LogP contribution in [0.1, 0.15) is 13.3 Å². The van der Waals surface area contributed by atoms with Crippen LogP contribution >= 0.6 is 0 Å². The molecule has 118 valence electrons. The number of guanidine groups is 1. The van der Waals surface area contributed by atoms with Crippen molar-refractivity contribution in [2.24, 2.45) is 4.99 Å². The van der Waals surface area contributed by atoms with Gasteiger partial charge in [-0.3, -0.25) is 4.99 Å². The first kappa shape index (κ1) is 17.2. The van der Waals surface area contributed by atoms with Crippen LogP contribution in [-0.4, -0.2) is 45.9 Å². The lowest BCUT2D eigenvalue weighted by Gasteiger charge is -2.20. The van der Waals surface area contributed by atoms with Gasteiger partial charge in [0.2, 0.25) is 0 Å². The Hall–Kier alpha value is -1.82. The summed E-state index contributed by atoms with van der Waals surface area (Å²) in [6.45, 7) is 3.80. The molecule has 0 aromatic heterocycles. The number of halogens is 1. The number of benzene rings is 1. The van der Waals surface area contributed by atoms with Crippen LogP contribution in [0, 0.1) is 5.82 Å². The average Bonchev–Trinajstić information content (AvgIpc) is 2.51. The summed E-state index contributed by atoms with van der Waals surface area (Å²) in [6, 6.07) is 6.41. The van der Waals surface area contributed by atoms with E-state index in [1.54, 1.807) is 32.4 Å². The molecule has 0 saturated heterocycles. The van der Waals surface area contributed by atoms with Crippen LogP contribution in [0.2, 0.25) is 0 Å². The third-order valence-corrected chi connectivity index (χ3v) is 2.91. The Balaban J connectivity index is 2.45. The van der Waals surface area contributed by atoms with E-state index in [9.17, 15) is 4.39 Å². The van der Waals surface area contributed by atoms with E-state index in [2.05, 4.69) is 15.6 Å². The summed E-state index contributed by atoms with van der Waals surface area (Å²) >= 11 is 0. The fourth-order valence-electron chi connectivity index (χ4n) is 1.69. The Kier molecular flexibility index (Phi) is 8.19. The third kappa shape index (κ3) is 6.44. The fourth-order valence-corrected chi connectivity index (χ4v) is 1.69. The lowest BCUT2D eigenvalue weighted by Crippen LogP contribution is -2.43. The van der Waals surface area contributed by atoms with Crippen LogP contribution in [0.5, 0.6) is 5.75 Å². The zero-order valence-electron chi connectivity index (χ0n) is 12.9. The van der Waals surface area contributed by atoms with Crippen LogP contribution in [-0.2, 0) is 4.74 Å². The molecule has 1 atom stereocenters. The van der Waals surface area contributed by atoms with Crippen LogP contribution in [0.25, 0.3) is 0 Å². The van der Waals surface area contributed by atoms with E-state index in [4.69, 9.17) is 9.47 Å². The summed E-state index contributed by atoms with van der Waals surface area (Å²) in [5.41, 5.74) is 0. The zero-order chi connectivity index (χ0) is 15.5. The number of hydrogen-bond acceptors (Lipinski definition) is 3. The van der Waals surface area contributed by atoms with E-state index >= 15 is 0 Å². The Morgan fingerprint density at radius 3 is 2.71 bits per heavy atom. The van der Waals surface area contributed by atoms with Gasteiger partial charge in [0, 0.05) is 20.7 Å². The molecule has 0 spiro atoms. The van der Waals surface area contributed by atoms with Crippen molar-refractivity contribution in [1.29, 1.82) is 0 Å². The second-order valence-electron chi connectivity index (χ2n) is 4.45. The van der Waals surface area contributed by atoms with Crippen molar-refractivity contribution in [3.05, 3.63) is 30.1 Å². The first-order valence-corrected chi connectivity index (χ1v) is 7.05. The van der Waals surface area contributed by atoms with Crippen molar-refractivity contribution in [1.82, 2.24) is 10.6 Å². The molecule has 0 bridgehead atoms. The first-order valence-electron chi connectivity index (χ1n) is 7.05. The minimum Gasteiger partial charge on any atom is -0.486 e. The number of nitrogens with one attached hydrogen (secondary N) is 2. The number of para-hydroxylation sites is 1. The summed E-state index contributed by atoms with van der Waals surface area (Å²) in [6.07, 6.45) is 0.624. The highest BCUT2D eigenvalue weighted by molar-refractivity contribution is 5.79. The lowest BCUT2D eigenvalue weighted by molar-refractivity contribution is 0.190. The largest absolute Gasteiger partial charge is 0.486 e. The fraction of sp³-hybridized carbons (Fsp3) is 0.533. The molecule has 2 N–H and O–H groups in total. The Morgan fingerprint density at radius 2 is 2.10 bits per heavy atom. The molecular weight excluding hydrogens is 273 g/mol. The molecule has 0 amide bonds. The molecule has 0 aliphatic carbocycles. The van der Waals surface area contributed by atoms with Crippen molar-refractivity contribution in [2.45, 2.75) is 19.4 Å². The minimum absolute atomic E-state index is 0.136. The SMILES string of the molecule is CCC(CNC(=NC)NCCOC)Oc1ccccc1F. The van der Waals surface area contributed by atoms with Gasteiger partial charge in [0.1, 0.15) is 6.10 Å². The molecule has 1 aromatic carbocycles. The number of rotatable bonds is 8. The second-order valence-corrected chi connectivity index (χ2v) is 4.45. The highest BCUT2D eigenvalue weighted by Crippen LogP contribution is 2.17. The maximum atomic E-state index is 13.6. The Bertz CT molecular complexity index is 441. The number of ether oxygens (including phenoxy) is 2. The topological polar surface area (TPSA) is 54.9 Å². The molecule has 0 fully saturated rings. The molecular formula is C15H24FN3O2. The third-order valence-electron chi connectivity index (χ3n) is 2.91. The minimum atomic E-state index is -0.349. The van der Waals surface area contributed by atoms with Gasteiger partial charge in [0.15, 0.2) is 17.5 Å². The molecule has 0 radical (unpaired) electrons. The van der Waals surface area contributed by atoms with Gasteiger partial charge in [-0.1, -0.05) is 19.1 Å².